The minimum absolute atomic E-state index is 0.0185. The SMILES string of the molecule is CCCCCCCCCCCCCCCCCCC/C=C/C(O)C(CO)NC(=O)CC(O)CCCCCCCCCCCCCCCC. The van der Waals surface area contributed by atoms with Gasteiger partial charge in [-0.15, -0.1) is 0 Å². The quantitative estimate of drug-likeness (QED) is 0.0384. The molecule has 3 unspecified atom stereocenters. The predicted octanol–water partition coefficient (Wildman–Crippen LogP) is 12.0. The molecule has 5 nitrogen and oxygen atoms in total. The molecule has 3 atom stereocenters. The maximum Gasteiger partial charge on any atom is 0.222 e. The van der Waals surface area contributed by atoms with E-state index in [0.717, 1.165) is 25.7 Å². The molecule has 0 aromatic heterocycles. The van der Waals surface area contributed by atoms with E-state index in [-0.39, 0.29) is 18.9 Å². The van der Waals surface area contributed by atoms with Gasteiger partial charge in [-0.3, -0.25) is 4.79 Å². The lowest BCUT2D eigenvalue weighted by Gasteiger charge is -2.21. The van der Waals surface area contributed by atoms with Gasteiger partial charge in [0.25, 0.3) is 0 Å². The summed E-state index contributed by atoms with van der Waals surface area (Å²) in [6.45, 7) is 4.22. The van der Waals surface area contributed by atoms with Crippen molar-refractivity contribution in [3.05, 3.63) is 12.2 Å². The zero-order valence-electron chi connectivity index (χ0n) is 32.4. The number of aliphatic hydroxyl groups is 3. The summed E-state index contributed by atoms with van der Waals surface area (Å²) in [7, 11) is 0. The van der Waals surface area contributed by atoms with Gasteiger partial charge in [0.15, 0.2) is 0 Å². The summed E-state index contributed by atoms with van der Waals surface area (Å²) in [4.78, 5) is 12.4. The smallest absolute Gasteiger partial charge is 0.222 e. The van der Waals surface area contributed by atoms with Crippen molar-refractivity contribution in [3.8, 4) is 0 Å². The standard InChI is InChI=1S/C43H85NO4/c1-3-5-7-9-11-13-15-17-19-20-21-22-23-25-27-29-31-33-35-37-42(47)41(39-45)44-43(48)38-40(46)36-34-32-30-28-26-24-18-16-14-12-10-8-6-4-2/h35,37,40-42,45-47H,3-34,36,38-39H2,1-2H3,(H,44,48)/b37-35+. The van der Waals surface area contributed by atoms with E-state index < -0.39 is 18.2 Å². The highest BCUT2D eigenvalue weighted by Gasteiger charge is 2.20. The molecule has 0 rings (SSSR count). The van der Waals surface area contributed by atoms with Crippen LogP contribution in [0.2, 0.25) is 0 Å². The summed E-state index contributed by atoms with van der Waals surface area (Å²) in [5.41, 5.74) is 0. The minimum Gasteiger partial charge on any atom is -0.394 e. The van der Waals surface area contributed by atoms with Crippen LogP contribution in [0.4, 0.5) is 0 Å². The summed E-state index contributed by atoms with van der Waals surface area (Å²) in [5.74, 6) is -0.312. The molecule has 0 aliphatic carbocycles. The van der Waals surface area contributed by atoms with Gasteiger partial charge in [0.1, 0.15) is 0 Å². The van der Waals surface area contributed by atoms with Gasteiger partial charge >= 0.3 is 0 Å². The van der Waals surface area contributed by atoms with Crippen LogP contribution in [0.25, 0.3) is 0 Å². The molecule has 4 N–H and O–H groups in total. The Hall–Kier alpha value is -0.910. The number of allylic oxidation sites excluding steroid dienone is 1. The van der Waals surface area contributed by atoms with E-state index in [4.69, 9.17) is 0 Å². The number of aliphatic hydroxyl groups excluding tert-OH is 3. The maximum absolute atomic E-state index is 12.4. The number of amides is 1. The molecule has 0 spiro atoms. The summed E-state index contributed by atoms with van der Waals surface area (Å²) in [6, 6.07) is -0.738. The van der Waals surface area contributed by atoms with Crippen LogP contribution in [0.1, 0.15) is 232 Å². The molecule has 0 aliphatic heterocycles. The summed E-state index contributed by atoms with van der Waals surface area (Å²) in [6.07, 6.45) is 44.9. The van der Waals surface area contributed by atoms with E-state index in [2.05, 4.69) is 19.2 Å². The van der Waals surface area contributed by atoms with Crippen molar-refractivity contribution in [2.45, 2.75) is 250 Å². The van der Waals surface area contributed by atoms with Crippen molar-refractivity contribution in [2.75, 3.05) is 6.61 Å². The Balaban J connectivity index is 3.65. The fourth-order valence-corrected chi connectivity index (χ4v) is 6.75. The molecule has 5 heteroatoms. The van der Waals surface area contributed by atoms with Gasteiger partial charge in [-0.2, -0.15) is 0 Å². The molecule has 1 amide bonds. The maximum atomic E-state index is 12.4. The van der Waals surface area contributed by atoms with Crippen molar-refractivity contribution >= 4 is 5.91 Å². The Morgan fingerprint density at radius 1 is 0.521 bits per heavy atom. The first-order valence-electron chi connectivity index (χ1n) is 21.5. The lowest BCUT2D eigenvalue weighted by atomic mass is 10.0. The molecule has 0 saturated carbocycles. The van der Waals surface area contributed by atoms with E-state index in [1.165, 1.54) is 180 Å². The van der Waals surface area contributed by atoms with Gasteiger partial charge in [0.05, 0.1) is 31.3 Å². The van der Waals surface area contributed by atoms with Crippen molar-refractivity contribution in [1.29, 1.82) is 0 Å². The van der Waals surface area contributed by atoms with Crippen LogP contribution < -0.4 is 5.32 Å². The van der Waals surface area contributed by atoms with Crippen LogP contribution in [0.3, 0.4) is 0 Å². The third-order valence-corrected chi connectivity index (χ3v) is 10.1. The topological polar surface area (TPSA) is 89.8 Å². The van der Waals surface area contributed by atoms with Crippen molar-refractivity contribution in [1.82, 2.24) is 5.32 Å². The highest BCUT2D eigenvalue weighted by atomic mass is 16.3. The molecule has 0 radical (unpaired) electrons. The molecule has 0 bridgehead atoms. The second-order valence-corrected chi connectivity index (χ2v) is 15.0. The normalized spacial score (nSPS) is 13.7. The Labute approximate surface area is 299 Å². The third kappa shape index (κ3) is 34.9. The molecule has 0 saturated heterocycles. The fraction of sp³-hybridized carbons (Fsp3) is 0.930. The molecular formula is C43H85NO4. The number of nitrogens with one attached hydrogen (secondary N) is 1. The third-order valence-electron chi connectivity index (χ3n) is 10.1. The van der Waals surface area contributed by atoms with Crippen LogP contribution in [0.15, 0.2) is 12.2 Å². The second-order valence-electron chi connectivity index (χ2n) is 15.0. The number of hydrogen-bond acceptors (Lipinski definition) is 4. The van der Waals surface area contributed by atoms with Gasteiger partial charge in [0, 0.05) is 0 Å². The fourth-order valence-electron chi connectivity index (χ4n) is 6.75. The van der Waals surface area contributed by atoms with Gasteiger partial charge in [-0.1, -0.05) is 219 Å². The van der Waals surface area contributed by atoms with Crippen LogP contribution in [-0.4, -0.2) is 46.1 Å². The van der Waals surface area contributed by atoms with Crippen molar-refractivity contribution < 1.29 is 20.1 Å². The Kier molecular flexibility index (Phi) is 38.1. The molecule has 0 aromatic rings. The molecular weight excluding hydrogens is 594 g/mol. The first-order chi connectivity index (χ1) is 23.5. The van der Waals surface area contributed by atoms with Crippen LogP contribution in [-0.2, 0) is 4.79 Å². The Bertz CT molecular complexity index is 669. The van der Waals surface area contributed by atoms with Crippen LogP contribution >= 0.6 is 0 Å². The largest absolute Gasteiger partial charge is 0.394 e. The van der Waals surface area contributed by atoms with E-state index in [1.54, 1.807) is 6.08 Å². The van der Waals surface area contributed by atoms with Gasteiger partial charge in [0.2, 0.25) is 5.91 Å². The highest BCUT2D eigenvalue weighted by molar-refractivity contribution is 5.76. The van der Waals surface area contributed by atoms with E-state index in [0.29, 0.717) is 6.42 Å². The van der Waals surface area contributed by atoms with E-state index >= 15 is 0 Å². The van der Waals surface area contributed by atoms with Crippen LogP contribution in [0.5, 0.6) is 0 Å². The summed E-state index contributed by atoms with van der Waals surface area (Å²) >= 11 is 0. The molecule has 0 aromatic carbocycles. The number of hydrogen-bond donors (Lipinski definition) is 4. The zero-order chi connectivity index (χ0) is 35.2. The first kappa shape index (κ1) is 47.1. The molecule has 48 heavy (non-hydrogen) atoms. The van der Waals surface area contributed by atoms with Gasteiger partial charge in [-0.05, 0) is 19.3 Å². The lowest BCUT2D eigenvalue weighted by molar-refractivity contribution is -0.124. The van der Waals surface area contributed by atoms with Crippen molar-refractivity contribution in [3.63, 3.8) is 0 Å². The van der Waals surface area contributed by atoms with E-state index in [9.17, 15) is 20.1 Å². The molecule has 0 heterocycles. The minimum atomic E-state index is -0.923. The molecule has 286 valence electrons. The predicted molar refractivity (Wildman–Crippen MR) is 208 cm³/mol. The Morgan fingerprint density at radius 2 is 0.854 bits per heavy atom. The number of carbonyl (C=O) groups is 1. The average Bonchev–Trinajstić information content (AvgIpc) is 3.08. The van der Waals surface area contributed by atoms with E-state index in [1.807, 2.05) is 6.08 Å². The molecule has 0 aliphatic rings. The summed E-state index contributed by atoms with van der Waals surface area (Å²) < 4.78 is 0. The summed E-state index contributed by atoms with van der Waals surface area (Å²) in [5, 5.41) is 33.2. The highest BCUT2D eigenvalue weighted by Crippen LogP contribution is 2.16. The van der Waals surface area contributed by atoms with Crippen molar-refractivity contribution in [2.24, 2.45) is 0 Å². The zero-order valence-corrected chi connectivity index (χ0v) is 32.4. The number of unbranched alkanes of at least 4 members (excludes halogenated alkanes) is 30. The van der Waals surface area contributed by atoms with Gasteiger partial charge in [-0.25, -0.2) is 0 Å². The second kappa shape index (κ2) is 38.9. The Morgan fingerprint density at radius 3 is 1.21 bits per heavy atom. The molecule has 0 fully saturated rings. The number of carbonyl (C=O) groups excluding carboxylic acids is 1. The average molecular weight is 680 g/mol. The van der Waals surface area contributed by atoms with Gasteiger partial charge < -0.3 is 20.6 Å². The lowest BCUT2D eigenvalue weighted by Crippen LogP contribution is -2.45. The first-order valence-corrected chi connectivity index (χ1v) is 21.5. The van der Waals surface area contributed by atoms with Crippen LogP contribution in [0, 0.1) is 0 Å². The monoisotopic (exact) mass is 680 g/mol. The number of rotatable bonds is 39.